The molecule has 1 aliphatic rings. The molecule has 0 bridgehead atoms. The molecule has 0 radical (unpaired) electrons. The number of rotatable bonds is 6. The maximum Gasteiger partial charge on any atom is 0.0963 e. The van der Waals surface area contributed by atoms with Gasteiger partial charge in [-0.3, -0.25) is 5.41 Å². The molecule has 4 heteroatoms. The number of hydrogen-bond donors (Lipinski definition) is 2. The van der Waals surface area contributed by atoms with Crippen molar-refractivity contribution in [2.45, 2.75) is 46.1 Å². The maximum atomic E-state index is 7.54. The smallest absolute Gasteiger partial charge is 0.0963 e. The van der Waals surface area contributed by atoms with E-state index >= 15 is 0 Å². The van der Waals surface area contributed by atoms with Crippen LogP contribution in [0.4, 0.5) is 0 Å². The second-order valence-electron chi connectivity index (χ2n) is 5.54. The van der Waals surface area contributed by atoms with E-state index in [-0.39, 0.29) is 5.41 Å². The first-order valence-electron chi connectivity index (χ1n) is 6.64. The minimum absolute atomic E-state index is 0.170. The lowest BCUT2D eigenvalue weighted by molar-refractivity contribution is 0.0130. The average molecular weight is 241 g/mol. The van der Waals surface area contributed by atoms with Crippen LogP contribution in [-0.2, 0) is 4.74 Å². The van der Waals surface area contributed by atoms with Gasteiger partial charge in [-0.25, -0.2) is 0 Å². The van der Waals surface area contributed by atoms with Crippen molar-refractivity contribution in [2.24, 2.45) is 11.1 Å². The molecule has 0 aliphatic carbocycles. The van der Waals surface area contributed by atoms with Crippen molar-refractivity contribution < 1.29 is 4.74 Å². The maximum absolute atomic E-state index is 7.54. The predicted molar refractivity (Wildman–Crippen MR) is 71.4 cm³/mol. The highest BCUT2D eigenvalue weighted by atomic mass is 16.5. The molecule has 0 aromatic rings. The summed E-state index contributed by atoms with van der Waals surface area (Å²) in [6, 6.07) is 0. The van der Waals surface area contributed by atoms with E-state index in [9.17, 15) is 0 Å². The zero-order chi connectivity index (χ0) is 12.9. The Labute approximate surface area is 105 Å². The Kier molecular flexibility index (Phi) is 5.40. The van der Waals surface area contributed by atoms with E-state index in [0.717, 1.165) is 45.5 Å². The monoisotopic (exact) mass is 241 g/mol. The van der Waals surface area contributed by atoms with E-state index in [1.165, 1.54) is 0 Å². The molecule has 0 atom stereocenters. The van der Waals surface area contributed by atoms with E-state index in [1.807, 2.05) is 13.8 Å². The van der Waals surface area contributed by atoms with Crippen LogP contribution < -0.4 is 5.73 Å². The van der Waals surface area contributed by atoms with Gasteiger partial charge in [-0.2, -0.15) is 0 Å². The Morgan fingerprint density at radius 2 is 2.00 bits per heavy atom. The van der Waals surface area contributed by atoms with E-state index in [4.69, 9.17) is 15.9 Å². The third-order valence-electron chi connectivity index (χ3n) is 3.72. The van der Waals surface area contributed by atoms with Gasteiger partial charge < -0.3 is 15.4 Å². The van der Waals surface area contributed by atoms with E-state index in [0.29, 0.717) is 11.9 Å². The summed E-state index contributed by atoms with van der Waals surface area (Å²) in [5.41, 5.74) is 5.42. The zero-order valence-corrected chi connectivity index (χ0v) is 11.5. The summed E-state index contributed by atoms with van der Waals surface area (Å²) in [5.74, 6) is 0.293. The van der Waals surface area contributed by atoms with Crippen LogP contribution in [0.25, 0.3) is 0 Å². The van der Waals surface area contributed by atoms with Crippen LogP contribution in [-0.4, -0.2) is 43.1 Å². The summed E-state index contributed by atoms with van der Waals surface area (Å²) >= 11 is 0. The van der Waals surface area contributed by atoms with Crippen LogP contribution in [0.5, 0.6) is 0 Å². The Hall–Kier alpha value is -0.610. The van der Waals surface area contributed by atoms with Gasteiger partial charge in [-0.1, -0.05) is 13.8 Å². The van der Waals surface area contributed by atoms with E-state index < -0.39 is 0 Å². The molecular formula is C13H27N3O. The van der Waals surface area contributed by atoms with Gasteiger partial charge >= 0.3 is 0 Å². The average Bonchev–Trinajstić information content (AvgIpc) is 2.28. The van der Waals surface area contributed by atoms with Crippen molar-refractivity contribution in [3.63, 3.8) is 0 Å². The largest absolute Gasteiger partial charge is 0.387 e. The molecular weight excluding hydrogens is 214 g/mol. The molecule has 0 unspecified atom stereocenters. The summed E-state index contributed by atoms with van der Waals surface area (Å²) in [4.78, 5) is 2.46. The molecule has 1 saturated heterocycles. The highest BCUT2D eigenvalue weighted by Gasteiger charge is 2.24. The van der Waals surface area contributed by atoms with Crippen molar-refractivity contribution in [1.82, 2.24) is 4.90 Å². The number of nitrogens with two attached hydrogens (primary N) is 1. The normalized spacial score (nSPS) is 19.5. The number of likely N-dealkylation sites (tertiary alicyclic amines) is 1. The van der Waals surface area contributed by atoms with Gasteiger partial charge in [-0.05, 0) is 32.7 Å². The lowest BCUT2D eigenvalue weighted by Crippen LogP contribution is -2.40. The van der Waals surface area contributed by atoms with Gasteiger partial charge in [0.25, 0.3) is 0 Å². The van der Waals surface area contributed by atoms with Crippen LogP contribution in [0.2, 0.25) is 0 Å². The third-order valence-corrected chi connectivity index (χ3v) is 3.72. The van der Waals surface area contributed by atoms with Gasteiger partial charge in [0.1, 0.15) is 0 Å². The molecule has 3 N–H and O–H groups in total. The molecule has 4 nitrogen and oxygen atoms in total. The molecule has 1 aliphatic heterocycles. The predicted octanol–water partition coefficient (Wildman–Crippen LogP) is 1.84. The van der Waals surface area contributed by atoms with Gasteiger partial charge in [0.15, 0.2) is 0 Å². The first-order chi connectivity index (χ1) is 7.95. The summed E-state index contributed by atoms with van der Waals surface area (Å²) < 4.78 is 5.63. The lowest BCUT2D eigenvalue weighted by atomic mass is 9.87. The van der Waals surface area contributed by atoms with Crippen molar-refractivity contribution in [3.8, 4) is 0 Å². The number of piperidine rings is 1. The fourth-order valence-corrected chi connectivity index (χ4v) is 2.11. The third kappa shape index (κ3) is 4.64. The van der Waals surface area contributed by atoms with Crippen molar-refractivity contribution in [1.29, 1.82) is 5.41 Å². The molecule has 1 fully saturated rings. The highest BCUT2D eigenvalue weighted by Crippen LogP contribution is 2.22. The second kappa shape index (κ2) is 6.36. The number of ether oxygens (including phenoxy) is 1. The molecule has 0 aromatic heterocycles. The molecule has 100 valence electrons. The van der Waals surface area contributed by atoms with Gasteiger partial charge in [0.2, 0.25) is 0 Å². The topological polar surface area (TPSA) is 62.3 Å². The van der Waals surface area contributed by atoms with E-state index in [1.54, 1.807) is 0 Å². The molecule has 1 rings (SSSR count). The van der Waals surface area contributed by atoms with Gasteiger partial charge in [-0.15, -0.1) is 0 Å². The number of nitrogens with one attached hydrogen (secondary N) is 1. The molecule has 0 saturated carbocycles. The first-order valence-corrected chi connectivity index (χ1v) is 6.64. The Bertz CT molecular complexity index is 245. The van der Waals surface area contributed by atoms with Crippen LogP contribution in [0.1, 0.15) is 40.0 Å². The number of amidine groups is 1. The summed E-state index contributed by atoms with van der Waals surface area (Å²) in [5, 5.41) is 7.54. The highest BCUT2D eigenvalue weighted by molar-refractivity contribution is 5.82. The lowest BCUT2D eigenvalue weighted by Gasteiger charge is -2.34. The molecule has 17 heavy (non-hydrogen) atoms. The van der Waals surface area contributed by atoms with E-state index in [2.05, 4.69) is 11.8 Å². The SMILES string of the molecule is CCOC1CCN(CCC(C)(C)C(=N)N)CC1. The molecule has 0 aromatic carbocycles. The zero-order valence-electron chi connectivity index (χ0n) is 11.5. The number of hydrogen-bond acceptors (Lipinski definition) is 3. The van der Waals surface area contributed by atoms with Gasteiger partial charge in [0, 0.05) is 25.1 Å². The first kappa shape index (κ1) is 14.5. The van der Waals surface area contributed by atoms with Gasteiger partial charge in [0.05, 0.1) is 11.9 Å². The quantitative estimate of drug-likeness (QED) is 0.551. The molecule has 1 heterocycles. The van der Waals surface area contributed by atoms with Crippen molar-refractivity contribution in [3.05, 3.63) is 0 Å². The fraction of sp³-hybridized carbons (Fsp3) is 0.923. The molecule has 0 amide bonds. The Morgan fingerprint density at radius 1 is 1.41 bits per heavy atom. The Morgan fingerprint density at radius 3 is 2.47 bits per heavy atom. The Balaban J connectivity index is 2.25. The van der Waals surface area contributed by atoms with Crippen molar-refractivity contribution in [2.75, 3.05) is 26.2 Å². The standard InChI is InChI=1S/C13H27N3O/c1-4-17-11-5-8-16(9-6-11)10-7-13(2,3)12(14)15/h11H,4-10H2,1-3H3,(H3,14,15). The van der Waals surface area contributed by atoms with Crippen LogP contribution in [0, 0.1) is 10.8 Å². The second-order valence-corrected chi connectivity index (χ2v) is 5.54. The minimum atomic E-state index is -0.170. The number of nitrogens with zero attached hydrogens (tertiary/aromatic N) is 1. The summed E-state index contributed by atoms with van der Waals surface area (Å²) in [6.45, 7) is 10.2. The van der Waals surface area contributed by atoms with Crippen molar-refractivity contribution >= 4 is 5.84 Å². The molecule has 0 spiro atoms. The summed E-state index contributed by atoms with van der Waals surface area (Å²) in [7, 11) is 0. The van der Waals surface area contributed by atoms with Crippen LogP contribution >= 0.6 is 0 Å². The van der Waals surface area contributed by atoms with Crippen LogP contribution in [0.3, 0.4) is 0 Å². The van der Waals surface area contributed by atoms with Crippen LogP contribution in [0.15, 0.2) is 0 Å². The minimum Gasteiger partial charge on any atom is -0.387 e. The summed E-state index contributed by atoms with van der Waals surface area (Å²) in [6.07, 6.45) is 3.68. The fourth-order valence-electron chi connectivity index (χ4n) is 2.11.